The zero-order valence-corrected chi connectivity index (χ0v) is 21.8. The molecule has 1 aliphatic rings. The molecule has 0 saturated heterocycles. The Morgan fingerprint density at radius 2 is 1.72 bits per heavy atom. The van der Waals surface area contributed by atoms with Gasteiger partial charge in [-0.3, -0.25) is 4.79 Å². The van der Waals surface area contributed by atoms with E-state index in [0.717, 1.165) is 35.3 Å². The third-order valence-corrected chi connectivity index (χ3v) is 7.69. The van der Waals surface area contributed by atoms with Gasteiger partial charge in [0, 0.05) is 11.3 Å². The molecule has 2 aromatic rings. The van der Waals surface area contributed by atoms with Crippen molar-refractivity contribution in [3.05, 3.63) is 65.2 Å². The van der Waals surface area contributed by atoms with Gasteiger partial charge >= 0.3 is 11.9 Å². The van der Waals surface area contributed by atoms with Gasteiger partial charge in [0.2, 0.25) is 0 Å². The molecule has 1 saturated carbocycles. The summed E-state index contributed by atoms with van der Waals surface area (Å²) in [4.78, 5) is 23.2. The van der Waals surface area contributed by atoms with Crippen molar-refractivity contribution in [2.75, 3.05) is 33.2 Å². The van der Waals surface area contributed by atoms with Crippen LogP contribution >= 0.6 is 11.8 Å². The number of aliphatic hydroxyl groups excluding tert-OH is 1. The van der Waals surface area contributed by atoms with Crippen molar-refractivity contribution in [2.45, 2.75) is 56.0 Å². The molecule has 0 amide bonds. The van der Waals surface area contributed by atoms with Crippen molar-refractivity contribution in [1.29, 1.82) is 0 Å². The molecule has 0 aromatic heterocycles. The van der Waals surface area contributed by atoms with Gasteiger partial charge in [-0.05, 0) is 29.9 Å². The van der Waals surface area contributed by atoms with E-state index in [2.05, 4.69) is 10.8 Å². The van der Waals surface area contributed by atoms with Gasteiger partial charge in [0.15, 0.2) is 0 Å². The van der Waals surface area contributed by atoms with Gasteiger partial charge in [0.25, 0.3) is 0 Å². The first-order valence-corrected chi connectivity index (χ1v) is 13.4. The van der Waals surface area contributed by atoms with Crippen LogP contribution in [0.15, 0.2) is 48.5 Å². The zero-order chi connectivity index (χ0) is 25.8. The fourth-order valence-electron chi connectivity index (χ4n) is 4.44. The van der Waals surface area contributed by atoms with E-state index in [1.807, 2.05) is 42.5 Å². The summed E-state index contributed by atoms with van der Waals surface area (Å²) in [5.74, 6) is 0.835. The standard InChI is InChI=1S/C28H36O7S/c1-32-25(30)15-16-36-28(24(29)18-34-19-26(31)33-2)23-14-8-13-22(21-11-6-7-12-21)27(23)35-17-20-9-4-3-5-10-20/h3-5,8-10,13-14,21,24,28-29H,6-7,11-12,15-19H2,1-2H3. The molecule has 2 unspecified atom stereocenters. The number of carbonyl (C=O) groups is 2. The van der Waals surface area contributed by atoms with Crippen molar-refractivity contribution >= 4 is 23.7 Å². The van der Waals surface area contributed by atoms with Gasteiger partial charge in [0.05, 0.1) is 38.6 Å². The van der Waals surface area contributed by atoms with E-state index in [4.69, 9.17) is 14.2 Å². The molecule has 2 atom stereocenters. The van der Waals surface area contributed by atoms with Crippen molar-refractivity contribution in [3.63, 3.8) is 0 Å². The number of carbonyl (C=O) groups excluding carboxylic acids is 2. The lowest BCUT2D eigenvalue weighted by molar-refractivity contribution is -0.147. The average Bonchev–Trinajstić information content (AvgIpc) is 3.45. The third kappa shape index (κ3) is 8.25. The van der Waals surface area contributed by atoms with Crippen LogP contribution in [0.1, 0.15) is 60.0 Å². The van der Waals surface area contributed by atoms with Crippen LogP contribution in [0.5, 0.6) is 5.75 Å². The third-order valence-electron chi connectivity index (χ3n) is 6.32. The van der Waals surface area contributed by atoms with Gasteiger partial charge in [-0.25, -0.2) is 4.79 Å². The van der Waals surface area contributed by atoms with Gasteiger partial charge in [0.1, 0.15) is 19.0 Å². The zero-order valence-electron chi connectivity index (χ0n) is 21.0. The molecule has 0 aliphatic heterocycles. The van der Waals surface area contributed by atoms with Crippen LogP contribution in [0.3, 0.4) is 0 Å². The molecule has 7 nitrogen and oxygen atoms in total. The lowest BCUT2D eigenvalue weighted by atomic mass is 9.92. The van der Waals surface area contributed by atoms with Crippen LogP contribution in [0, 0.1) is 0 Å². The van der Waals surface area contributed by atoms with Crippen molar-refractivity contribution < 1.29 is 33.6 Å². The molecule has 36 heavy (non-hydrogen) atoms. The summed E-state index contributed by atoms with van der Waals surface area (Å²) < 4.78 is 21.3. The Morgan fingerprint density at radius 1 is 1.00 bits per heavy atom. The number of thioether (sulfide) groups is 1. The second kappa shape index (κ2) is 14.9. The van der Waals surface area contributed by atoms with E-state index in [0.29, 0.717) is 18.3 Å². The smallest absolute Gasteiger partial charge is 0.331 e. The second-order valence-electron chi connectivity index (χ2n) is 8.80. The van der Waals surface area contributed by atoms with E-state index in [-0.39, 0.29) is 25.6 Å². The van der Waals surface area contributed by atoms with Gasteiger partial charge in [-0.1, -0.05) is 61.4 Å². The van der Waals surface area contributed by atoms with E-state index in [1.54, 1.807) is 0 Å². The minimum Gasteiger partial charge on any atom is -0.488 e. The lowest BCUT2D eigenvalue weighted by Crippen LogP contribution is -2.25. The van der Waals surface area contributed by atoms with Crippen molar-refractivity contribution in [3.8, 4) is 5.75 Å². The molecule has 3 rings (SSSR count). The number of benzene rings is 2. The average molecular weight is 517 g/mol. The highest BCUT2D eigenvalue weighted by Gasteiger charge is 2.30. The summed E-state index contributed by atoms with van der Waals surface area (Å²) in [6.07, 6.45) is 3.88. The minimum absolute atomic E-state index is 0.0588. The number of aliphatic hydroxyl groups is 1. The maximum absolute atomic E-state index is 11.7. The number of hydrogen-bond acceptors (Lipinski definition) is 8. The Hall–Kier alpha value is -2.55. The largest absolute Gasteiger partial charge is 0.488 e. The molecular formula is C28H36O7S. The number of esters is 2. The quantitative estimate of drug-likeness (QED) is 0.358. The molecular weight excluding hydrogens is 480 g/mol. The summed E-state index contributed by atoms with van der Waals surface area (Å²) in [5, 5.41) is 10.7. The van der Waals surface area contributed by atoms with Crippen molar-refractivity contribution in [1.82, 2.24) is 0 Å². The molecule has 0 heterocycles. The maximum atomic E-state index is 11.7. The minimum atomic E-state index is -0.935. The van der Waals surface area contributed by atoms with Gasteiger partial charge in [-0.2, -0.15) is 11.8 Å². The normalized spacial score (nSPS) is 15.3. The highest BCUT2D eigenvalue weighted by atomic mass is 32.2. The van der Waals surface area contributed by atoms with Crippen LogP contribution in [-0.4, -0.2) is 56.3 Å². The topological polar surface area (TPSA) is 91.3 Å². The van der Waals surface area contributed by atoms with Crippen LogP contribution in [0.2, 0.25) is 0 Å². The SMILES string of the molecule is COC(=O)CCSC(c1cccc(C2CCCC2)c1OCc1ccccc1)C(O)COCC(=O)OC. The molecule has 0 radical (unpaired) electrons. The first-order valence-electron chi connectivity index (χ1n) is 12.3. The molecule has 196 valence electrons. The molecule has 0 spiro atoms. The van der Waals surface area contributed by atoms with Gasteiger partial charge in [-0.15, -0.1) is 0 Å². The number of methoxy groups -OCH3 is 2. The fraction of sp³-hybridized carbons (Fsp3) is 0.500. The summed E-state index contributed by atoms with van der Waals surface area (Å²) in [7, 11) is 2.65. The Morgan fingerprint density at radius 3 is 2.42 bits per heavy atom. The number of para-hydroxylation sites is 1. The Kier molecular flexibility index (Phi) is 11.6. The Balaban J connectivity index is 1.89. The predicted molar refractivity (Wildman–Crippen MR) is 139 cm³/mol. The van der Waals surface area contributed by atoms with Gasteiger partial charge < -0.3 is 24.1 Å². The summed E-state index contributed by atoms with van der Waals surface area (Å²) in [6, 6.07) is 16.1. The maximum Gasteiger partial charge on any atom is 0.331 e. The van der Waals surface area contributed by atoms with Crippen LogP contribution in [-0.2, 0) is 30.4 Å². The Labute approximate surface area is 217 Å². The van der Waals surface area contributed by atoms with Crippen LogP contribution in [0.25, 0.3) is 0 Å². The second-order valence-corrected chi connectivity index (χ2v) is 10.0. The summed E-state index contributed by atoms with van der Waals surface area (Å²) in [6.45, 7) is 0.107. The molecule has 2 aromatic carbocycles. The Bertz CT molecular complexity index is 960. The van der Waals surface area contributed by atoms with Crippen LogP contribution < -0.4 is 4.74 Å². The highest BCUT2D eigenvalue weighted by molar-refractivity contribution is 7.99. The molecule has 1 N–H and O–H groups in total. The fourth-order valence-corrected chi connectivity index (χ4v) is 5.65. The number of hydrogen-bond donors (Lipinski definition) is 1. The van der Waals surface area contributed by atoms with E-state index >= 15 is 0 Å². The van der Waals surface area contributed by atoms with E-state index in [9.17, 15) is 14.7 Å². The van der Waals surface area contributed by atoms with Crippen molar-refractivity contribution in [2.24, 2.45) is 0 Å². The van der Waals surface area contributed by atoms with E-state index in [1.165, 1.54) is 38.8 Å². The van der Waals surface area contributed by atoms with Crippen LogP contribution in [0.4, 0.5) is 0 Å². The van der Waals surface area contributed by atoms with E-state index < -0.39 is 17.3 Å². The summed E-state index contributed by atoms with van der Waals surface area (Å²) >= 11 is 1.45. The molecule has 0 bridgehead atoms. The number of ether oxygens (including phenoxy) is 4. The molecule has 1 aliphatic carbocycles. The highest BCUT2D eigenvalue weighted by Crippen LogP contribution is 2.45. The lowest BCUT2D eigenvalue weighted by Gasteiger charge is -2.27. The number of rotatable bonds is 14. The molecule has 1 fully saturated rings. The first-order chi connectivity index (χ1) is 17.5. The summed E-state index contributed by atoms with van der Waals surface area (Å²) in [5.41, 5.74) is 3.07. The first kappa shape index (κ1) is 28.0. The molecule has 8 heteroatoms. The monoisotopic (exact) mass is 516 g/mol. The predicted octanol–water partition coefficient (Wildman–Crippen LogP) is 4.81.